The van der Waals surface area contributed by atoms with Crippen LogP contribution in [-0.2, 0) is 31.9 Å². The maximum atomic E-state index is 9.18. The zero-order valence-electron chi connectivity index (χ0n) is 42.6. The molecule has 2 heterocycles. The highest BCUT2D eigenvalue weighted by atomic mass is 16.5. The zero-order chi connectivity index (χ0) is 46.1. The third kappa shape index (κ3) is 5.96. The van der Waals surface area contributed by atoms with Crippen LogP contribution in [0.4, 0.5) is 17.1 Å². The van der Waals surface area contributed by atoms with Gasteiger partial charge in [-0.3, -0.25) is 0 Å². The van der Waals surface area contributed by atoms with Crippen molar-refractivity contribution >= 4 is 17.1 Å². The number of para-hydroxylation sites is 2. The zero-order valence-corrected chi connectivity index (χ0v) is 32.6. The van der Waals surface area contributed by atoms with Gasteiger partial charge in [0.05, 0.1) is 36.1 Å². The molecule has 5 aromatic rings. The molecule has 0 aliphatic carbocycles. The summed E-state index contributed by atoms with van der Waals surface area (Å²) in [6.45, 7) is 17.2. The largest absolute Gasteiger partial charge is 0.359 e. The van der Waals surface area contributed by atoms with Crippen LogP contribution in [0.2, 0.25) is 0 Å². The minimum atomic E-state index is -0.617. The molecule has 0 saturated carbocycles. The van der Waals surface area contributed by atoms with Gasteiger partial charge in [0.15, 0.2) is 0 Å². The van der Waals surface area contributed by atoms with Gasteiger partial charge >= 0.3 is 0 Å². The summed E-state index contributed by atoms with van der Waals surface area (Å²) in [4.78, 5) is 1.25. The second kappa shape index (κ2) is 14.6. The Morgan fingerprint density at radius 1 is 0.396 bits per heavy atom. The molecule has 0 spiro atoms. The fraction of sp³-hybridized carbons (Fsp3) is 0.400. The smallest absolute Gasteiger partial charge is 0.0942 e. The molecule has 3 heteroatoms. The monoisotopic (exact) mass is 716 g/mol. The van der Waals surface area contributed by atoms with Gasteiger partial charge in [0, 0.05) is 17.1 Å². The van der Waals surface area contributed by atoms with Gasteiger partial charge in [0.1, 0.15) is 0 Å². The molecule has 0 saturated heterocycles. The number of nitrogens with zero attached hydrogens (tertiary/aromatic N) is 1. The van der Waals surface area contributed by atoms with Gasteiger partial charge < -0.3 is 14.4 Å². The normalized spacial score (nSPS) is 20.0. The molecule has 0 atom stereocenters. The van der Waals surface area contributed by atoms with E-state index in [1.807, 2.05) is 12.1 Å². The van der Waals surface area contributed by atoms with Crippen molar-refractivity contribution < 1.29 is 23.2 Å². The molecule has 0 fully saturated rings. The lowest BCUT2D eigenvalue weighted by Crippen LogP contribution is -2.31. The van der Waals surface area contributed by atoms with E-state index in [4.69, 9.17) is 17.7 Å². The number of hydrogen-bond acceptors (Lipinski definition) is 3. The number of benzene rings is 5. The average Bonchev–Trinajstić information content (AvgIpc) is 3.78. The van der Waals surface area contributed by atoms with Crippen molar-refractivity contribution in [3.63, 3.8) is 0 Å². The van der Waals surface area contributed by atoms with Crippen LogP contribution in [0.1, 0.15) is 143 Å². The Labute approximate surface area is 333 Å². The Bertz CT molecular complexity index is 2380. The van der Waals surface area contributed by atoms with Crippen molar-refractivity contribution in [1.82, 2.24) is 0 Å². The second-order valence-electron chi connectivity index (χ2n) is 14.6. The Balaban J connectivity index is 1.61. The molecule has 53 heavy (non-hydrogen) atoms. The van der Waals surface area contributed by atoms with Crippen molar-refractivity contribution in [2.75, 3.05) is 4.90 Å². The standard InChI is InChI=1S/C50H59NO2/c1-9-47(10-2)43-29-27-36(34-45(43)49(13-5,14-6)52-47)38-31-39(33-42(32-38)51(40-23-19-17-20-24-40)41-25-21-18-22-26-41)37-28-30-44-46(35-37)50(15-7,16-8)53-48(44,11-3)12-4/h17-35H,9-16H2,1-8H3/i17D,18D,19D,20D,21D,22D,23D,24D,25D,26D. The Hall–Kier alpha value is -4.18. The van der Waals surface area contributed by atoms with E-state index in [-0.39, 0.29) is 17.1 Å². The maximum Gasteiger partial charge on any atom is 0.0942 e. The number of rotatable bonds is 13. The lowest BCUT2D eigenvalue weighted by atomic mass is 9.80. The molecule has 276 valence electrons. The summed E-state index contributed by atoms with van der Waals surface area (Å²) in [6.07, 6.45) is 6.26. The first kappa shape index (κ1) is 26.6. The molecule has 0 bridgehead atoms. The lowest BCUT2D eigenvalue weighted by molar-refractivity contribution is -0.151. The second-order valence-corrected chi connectivity index (χ2v) is 14.6. The van der Waals surface area contributed by atoms with Crippen LogP contribution in [0, 0.1) is 0 Å². The highest BCUT2D eigenvalue weighted by Gasteiger charge is 2.51. The first-order valence-corrected chi connectivity index (χ1v) is 19.7. The van der Waals surface area contributed by atoms with Gasteiger partial charge in [-0.1, -0.05) is 116 Å². The Kier molecular flexibility index (Phi) is 7.30. The van der Waals surface area contributed by atoms with E-state index in [0.717, 1.165) is 84.7 Å². The van der Waals surface area contributed by atoms with Crippen LogP contribution in [0.25, 0.3) is 22.3 Å². The molecule has 0 N–H and O–H groups in total. The highest BCUT2D eigenvalue weighted by Crippen LogP contribution is 2.56. The lowest BCUT2D eigenvalue weighted by Gasteiger charge is -2.34. The molecule has 2 aliphatic rings. The predicted octanol–water partition coefficient (Wildman–Crippen LogP) is 14.6. The SMILES string of the molecule is [2H]c1c([2H])c([2H])c(N(c2cc(-c3ccc4c(c3)C(CC)(CC)OC4(CC)CC)cc(-c3ccc4c(c3)C(CC)(CC)OC4(CC)CC)c2)c2c([2H])c([2H])c([2H])c([2H])c2[2H])c([2H])c1[2H]. The van der Waals surface area contributed by atoms with Gasteiger partial charge in [-0.05, 0) is 150 Å². The molecule has 0 amide bonds. The molecule has 0 radical (unpaired) electrons. The number of hydrogen-bond donors (Lipinski definition) is 0. The number of ether oxygens (including phenoxy) is 2. The number of anilines is 3. The molecular weight excluding hydrogens is 647 g/mol. The van der Waals surface area contributed by atoms with E-state index in [9.17, 15) is 5.48 Å². The molecule has 0 aromatic heterocycles. The molecular formula is C50H59NO2. The Morgan fingerprint density at radius 2 is 0.736 bits per heavy atom. The highest BCUT2D eigenvalue weighted by molar-refractivity contribution is 5.85. The van der Waals surface area contributed by atoms with Gasteiger partial charge in [-0.2, -0.15) is 0 Å². The van der Waals surface area contributed by atoms with Gasteiger partial charge in [0.2, 0.25) is 0 Å². The van der Waals surface area contributed by atoms with Crippen LogP contribution in [-0.4, -0.2) is 0 Å². The fourth-order valence-electron chi connectivity index (χ4n) is 9.22. The third-order valence-corrected chi connectivity index (χ3v) is 12.6. The van der Waals surface area contributed by atoms with Gasteiger partial charge in [-0.15, -0.1) is 0 Å². The molecule has 2 aliphatic heterocycles. The van der Waals surface area contributed by atoms with Crippen molar-refractivity contribution in [2.24, 2.45) is 0 Å². The summed E-state index contributed by atoms with van der Waals surface area (Å²) in [6, 6.07) is 12.5. The van der Waals surface area contributed by atoms with E-state index in [0.29, 0.717) is 11.1 Å². The molecule has 3 nitrogen and oxygen atoms in total. The van der Waals surface area contributed by atoms with Crippen molar-refractivity contribution in [3.8, 4) is 22.3 Å². The molecule has 7 rings (SSSR count). The summed E-state index contributed by atoms with van der Waals surface area (Å²) in [7, 11) is 0. The summed E-state index contributed by atoms with van der Waals surface area (Å²) >= 11 is 0. The minimum absolute atomic E-state index is 0.246. The van der Waals surface area contributed by atoms with Crippen LogP contribution in [0.5, 0.6) is 0 Å². The van der Waals surface area contributed by atoms with E-state index in [2.05, 4.69) is 97.9 Å². The van der Waals surface area contributed by atoms with Gasteiger partial charge in [-0.25, -0.2) is 0 Å². The maximum absolute atomic E-state index is 9.18. The minimum Gasteiger partial charge on any atom is -0.359 e. The summed E-state index contributed by atoms with van der Waals surface area (Å²) < 4.78 is 103. The van der Waals surface area contributed by atoms with Crippen molar-refractivity contribution in [1.29, 1.82) is 0 Å². The first-order chi connectivity index (χ1) is 29.9. The molecule has 0 unspecified atom stereocenters. The van der Waals surface area contributed by atoms with Crippen LogP contribution < -0.4 is 4.90 Å². The van der Waals surface area contributed by atoms with E-state index < -0.39 is 82.8 Å². The van der Waals surface area contributed by atoms with E-state index in [1.54, 1.807) is 0 Å². The molecule has 5 aromatic carbocycles. The summed E-state index contributed by atoms with van der Waals surface area (Å²) in [5.74, 6) is 0. The topological polar surface area (TPSA) is 21.7 Å². The van der Waals surface area contributed by atoms with Crippen LogP contribution in [0.15, 0.2) is 115 Å². The quantitative estimate of drug-likeness (QED) is 0.121. The van der Waals surface area contributed by atoms with Crippen molar-refractivity contribution in [3.05, 3.63) is 137 Å². The van der Waals surface area contributed by atoms with Gasteiger partial charge in [0.25, 0.3) is 0 Å². The predicted molar refractivity (Wildman–Crippen MR) is 223 cm³/mol. The van der Waals surface area contributed by atoms with Crippen molar-refractivity contribution in [2.45, 2.75) is 129 Å². The van der Waals surface area contributed by atoms with Crippen LogP contribution >= 0.6 is 0 Å². The third-order valence-electron chi connectivity index (χ3n) is 12.6. The van der Waals surface area contributed by atoms with E-state index >= 15 is 0 Å². The Morgan fingerprint density at radius 3 is 1.08 bits per heavy atom. The van der Waals surface area contributed by atoms with E-state index in [1.165, 1.54) is 4.90 Å². The average molecular weight is 716 g/mol. The fourth-order valence-corrected chi connectivity index (χ4v) is 9.22. The number of fused-ring (bicyclic) bond motifs is 2. The summed E-state index contributed by atoms with van der Waals surface area (Å²) in [5, 5.41) is 0. The summed E-state index contributed by atoms with van der Waals surface area (Å²) in [5.41, 5.74) is 5.24. The first-order valence-electron chi connectivity index (χ1n) is 24.7. The van der Waals surface area contributed by atoms with Crippen LogP contribution in [0.3, 0.4) is 0 Å².